The third kappa shape index (κ3) is 5.17. The van der Waals surface area contributed by atoms with Gasteiger partial charge in [0.05, 0.1) is 11.8 Å². The molecule has 7 nitrogen and oxygen atoms in total. The van der Waals surface area contributed by atoms with Crippen LogP contribution in [0.5, 0.6) is 0 Å². The maximum Gasteiger partial charge on any atom is 0.235 e. The van der Waals surface area contributed by atoms with E-state index in [9.17, 15) is 18.0 Å². The molecule has 8 heteroatoms. The van der Waals surface area contributed by atoms with Crippen molar-refractivity contribution in [2.75, 3.05) is 26.7 Å². The molecule has 0 radical (unpaired) electrons. The van der Waals surface area contributed by atoms with Gasteiger partial charge >= 0.3 is 0 Å². The summed E-state index contributed by atoms with van der Waals surface area (Å²) in [5.74, 6) is -0.135. The number of rotatable bonds is 6. The molecule has 1 N–H and O–H groups in total. The fourth-order valence-corrected chi connectivity index (χ4v) is 5.37. The van der Waals surface area contributed by atoms with Gasteiger partial charge in [0.2, 0.25) is 21.8 Å². The van der Waals surface area contributed by atoms with Gasteiger partial charge in [-0.1, -0.05) is 12.8 Å². The van der Waals surface area contributed by atoms with Gasteiger partial charge in [-0.05, 0) is 39.5 Å². The van der Waals surface area contributed by atoms with Crippen LogP contribution in [0.1, 0.15) is 52.4 Å². The minimum absolute atomic E-state index is 0.0298. The second-order valence-corrected chi connectivity index (χ2v) is 9.87. The Morgan fingerprint density at radius 1 is 1.16 bits per heavy atom. The van der Waals surface area contributed by atoms with Crippen LogP contribution < -0.4 is 5.32 Å². The van der Waals surface area contributed by atoms with Crippen LogP contribution in [0.2, 0.25) is 0 Å². The first-order valence-corrected chi connectivity index (χ1v) is 10.8. The zero-order valence-electron chi connectivity index (χ0n) is 15.5. The molecule has 2 aliphatic rings. The third-order valence-corrected chi connectivity index (χ3v) is 7.29. The molecule has 1 heterocycles. The summed E-state index contributed by atoms with van der Waals surface area (Å²) >= 11 is 0. The first kappa shape index (κ1) is 20.2. The molecule has 1 aliphatic heterocycles. The van der Waals surface area contributed by atoms with E-state index in [1.54, 1.807) is 4.90 Å². The molecule has 1 saturated carbocycles. The minimum Gasteiger partial charge on any atom is -0.353 e. The molecule has 1 aliphatic carbocycles. The van der Waals surface area contributed by atoms with E-state index in [4.69, 9.17) is 0 Å². The van der Waals surface area contributed by atoms with Gasteiger partial charge in [0, 0.05) is 32.1 Å². The van der Waals surface area contributed by atoms with Crippen molar-refractivity contribution in [3.8, 4) is 0 Å². The molecule has 0 bridgehead atoms. The summed E-state index contributed by atoms with van der Waals surface area (Å²) in [4.78, 5) is 26.2. The normalized spacial score (nSPS) is 22.6. The van der Waals surface area contributed by atoms with Gasteiger partial charge in [-0.25, -0.2) is 8.42 Å². The third-order valence-electron chi connectivity index (χ3n) is 5.07. The molecular formula is C17H31N3O4S. The van der Waals surface area contributed by atoms with Gasteiger partial charge < -0.3 is 10.2 Å². The molecule has 1 saturated heterocycles. The molecule has 0 unspecified atom stereocenters. The first-order chi connectivity index (χ1) is 11.7. The van der Waals surface area contributed by atoms with Crippen molar-refractivity contribution in [1.82, 2.24) is 14.5 Å². The second-order valence-electron chi connectivity index (χ2n) is 7.55. The van der Waals surface area contributed by atoms with Gasteiger partial charge in [0.25, 0.3) is 0 Å². The first-order valence-electron chi connectivity index (χ1n) is 9.25. The number of nitrogens with one attached hydrogen (secondary N) is 1. The maximum atomic E-state index is 12.8. The summed E-state index contributed by atoms with van der Waals surface area (Å²) in [5.41, 5.74) is 0. The van der Waals surface area contributed by atoms with Crippen LogP contribution in [0, 0.1) is 5.92 Å². The number of sulfonamides is 1. The van der Waals surface area contributed by atoms with Crippen LogP contribution >= 0.6 is 0 Å². The van der Waals surface area contributed by atoms with E-state index in [-0.39, 0.29) is 36.9 Å². The van der Waals surface area contributed by atoms with Crippen molar-refractivity contribution in [2.24, 2.45) is 5.92 Å². The van der Waals surface area contributed by atoms with Crippen molar-refractivity contribution in [3.05, 3.63) is 0 Å². The van der Waals surface area contributed by atoms with E-state index in [0.29, 0.717) is 19.4 Å². The Kier molecular flexibility index (Phi) is 6.85. The van der Waals surface area contributed by atoms with Crippen LogP contribution in [0.25, 0.3) is 0 Å². The number of nitrogens with zero attached hydrogens (tertiary/aromatic N) is 2. The Morgan fingerprint density at radius 3 is 2.40 bits per heavy atom. The van der Waals surface area contributed by atoms with Gasteiger partial charge in [-0.3, -0.25) is 9.59 Å². The lowest BCUT2D eigenvalue weighted by Crippen LogP contribution is -2.51. The van der Waals surface area contributed by atoms with Gasteiger partial charge in [-0.2, -0.15) is 4.31 Å². The largest absolute Gasteiger partial charge is 0.353 e. The zero-order chi connectivity index (χ0) is 18.6. The monoisotopic (exact) mass is 373 g/mol. The number of piperidine rings is 1. The molecule has 0 aromatic carbocycles. The summed E-state index contributed by atoms with van der Waals surface area (Å²) in [6.07, 6.45) is 5.23. The molecule has 0 aromatic rings. The SMILES string of the molecule is CC(C)NC(=O)CN(C)S(=O)(=O)[C@@H]1CCCN(C(=O)C2CCCC2)C1. The van der Waals surface area contributed by atoms with Gasteiger partial charge in [0.15, 0.2) is 0 Å². The van der Waals surface area contributed by atoms with Crippen molar-refractivity contribution in [3.63, 3.8) is 0 Å². The minimum atomic E-state index is -3.60. The van der Waals surface area contributed by atoms with Crippen molar-refractivity contribution in [2.45, 2.75) is 63.7 Å². The van der Waals surface area contributed by atoms with Crippen LogP contribution in [0.4, 0.5) is 0 Å². The Hall–Kier alpha value is -1.15. The van der Waals surface area contributed by atoms with Crippen LogP contribution in [-0.4, -0.2) is 67.4 Å². The standard InChI is InChI=1S/C17H31N3O4S/c1-13(2)18-16(21)12-19(3)25(23,24)15-9-6-10-20(11-15)17(22)14-7-4-5-8-14/h13-15H,4-12H2,1-3H3,(H,18,21)/t15-/m1/s1. The number of carbonyl (C=O) groups excluding carboxylic acids is 2. The summed E-state index contributed by atoms with van der Waals surface area (Å²) in [6.45, 7) is 4.36. The summed E-state index contributed by atoms with van der Waals surface area (Å²) in [6, 6.07) is -0.0298. The highest BCUT2D eigenvalue weighted by Crippen LogP contribution is 2.28. The van der Waals surface area contributed by atoms with Crippen LogP contribution in [-0.2, 0) is 19.6 Å². The Bertz CT molecular complexity index is 585. The number of hydrogen-bond donors (Lipinski definition) is 1. The molecule has 144 valence electrons. The zero-order valence-corrected chi connectivity index (χ0v) is 16.3. The topological polar surface area (TPSA) is 86.8 Å². The van der Waals surface area contributed by atoms with E-state index >= 15 is 0 Å². The Labute approximate surface area is 151 Å². The quantitative estimate of drug-likeness (QED) is 0.751. The van der Waals surface area contributed by atoms with Crippen LogP contribution in [0.15, 0.2) is 0 Å². The molecule has 2 rings (SSSR count). The number of likely N-dealkylation sites (N-methyl/N-ethyl adjacent to an activating group) is 1. The highest BCUT2D eigenvalue weighted by atomic mass is 32.2. The Balaban J connectivity index is 1.98. The number of hydrogen-bond acceptors (Lipinski definition) is 4. The lowest BCUT2D eigenvalue weighted by molar-refractivity contribution is -0.136. The number of likely N-dealkylation sites (tertiary alicyclic amines) is 1. The second kappa shape index (κ2) is 8.49. The molecule has 1 atom stereocenters. The van der Waals surface area contributed by atoms with E-state index in [2.05, 4.69) is 5.32 Å². The molecule has 2 amide bonds. The molecule has 0 spiro atoms. The van der Waals surface area contributed by atoms with E-state index in [1.807, 2.05) is 13.8 Å². The van der Waals surface area contributed by atoms with Gasteiger partial charge in [0.1, 0.15) is 0 Å². The molecule has 2 fully saturated rings. The van der Waals surface area contributed by atoms with Gasteiger partial charge in [-0.15, -0.1) is 0 Å². The summed E-state index contributed by atoms with van der Waals surface area (Å²) < 4.78 is 26.7. The summed E-state index contributed by atoms with van der Waals surface area (Å²) in [5, 5.41) is 2.08. The molecule has 25 heavy (non-hydrogen) atoms. The van der Waals surface area contributed by atoms with Crippen LogP contribution in [0.3, 0.4) is 0 Å². The number of amides is 2. The fraction of sp³-hybridized carbons (Fsp3) is 0.882. The van der Waals surface area contributed by atoms with E-state index in [1.165, 1.54) is 7.05 Å². The van der Waals surface area contributed by atoms with Crippen molar-refractivity contribution in [1.29, 1.82) is 0 Å². The highest BCUT2D eigenvalue weighted by molar-refractivity contribution is 7.89. The molecular weight excluding hydrogens is 342 g/mol. The van der Waals surface area contributed by atoms with E-state index in [0.717, 1.165) is 30.0 Å². The lowest BCUT2D eigenvalue weighted by Gasteiger charge is -2.35. The lowest BCUT2D eigenvalue weighted by atomic mass is 10.0. The average molecular weight is 374 g/mol. The smallest absolute Gasteiger partial charge is 0.235 e. The predicted octanol–water partition coefficient (Wildman–Crippen LogP) is 0.954. The Morgan fingerprint density at radius 2 is 1.80 bits per heavy atom. The summed E-state index contributed by atoms with van der Waals surface area (Å²) in [7, 11) is -2.17. The average Bonchev–Trinajstić information content (AvgIpc) is 3.07. The maximum absolute atomic E-state index is 12.8. The fourth-order valence-electron chi connectivity index (χ4n) is 3.73. The van der Waals surface area contributed by atoms with E-state index < -0.39 is 15.3 Å². The van der Waals surface area contributed by atoms with Crippen molar-refractivity contribution < 1.29 is 18.0 Å². The predicted molar refractivity (Wildman–Crippen MR) is 96.4 cm³/mol. The number of carbonyl (C=O) groups is 2. The highest BCUT2D eigenvalue weighted by Gasteiger charge is 2.37. The molecule has 0 aromatic heterocycles. The van der Waals surface area contributed by atoms with Crippen molar-refractivity contribution >= 4 is 21.8 Å².